The van der Waals surface area contributed by atoms with E-state index in [9.17, 15) is 17.2 Å². The van der Waals surface area contributed by atoms with Gasteiger partial charge in [0.2, 0.25) is 21.7 Å². The lowest BCUT2D eigenvalue weighted by Crippen LogP contribution is -2.21. The van der Waals surface area contributed by atoms with Crippen molar-refractivity contribution in [1.29, 1.82) is 0 Å². The molecule has 126 valence electrons. The highest BCUT2D eigenvalue weighted by molar-refractivity contribution is 7.88. The van der Waals surface area contributed by atoms with Crippen molar-refractivity contribution in [2.45, 2.75) is 13.2 Å². The quantitative estimate of drug-likeness (QED) is 0.805. The van der Waals surface area contributed by atoms with Crippen molar-refractivity contribution in [2.75, 3.05) is 13.4 Å². The smallest absolute Gasteiger partial charge is 0.387 e. The maximum atomic E-state index is 12.3. The summed E-state index contributed by atoms with van der Waals surface area (Å²) in [5.74, 6) is 0.145. The van der Waals surface area contributed by atoms with Crippen LogP contribution >= 0.6 is 0 Å². The van der Waals surface area contributed by atoms with E-state index in [0.717, 1.165) is 6.26 Å². The van der Waals surface area contributed by atoms with Gasteiger partial charge in [0.25, 0.3) is 0 Å². The fourth-order valence-electron chi connectivity index (χ4n) is 1.64. The monoisotopic (exact) mass is 349 g/mol. The molecule has 23 heavy (non-hydrogen) atoms. The van der Waals surface area contributed by atoms with Crippen LogP contribution in [0.4, 0.5) is 8.78 Å². The zero-order valence-corrected chi connectivity index (χ0v) is 12.9. The van der Waals surface area contributed by atoms with Gasteiger partial charge in [-0.25, -0.2) is 13.1 Å². The molecule has 1 heterocycles. The van der Waals surface area contributed by atoms with Crippen LogP contribution in [-0.2, 0) is 16.6 Å². The standard InChI is InChI=1S/C12H13F2N3O5S/c1-20-9-5-7(3-4-8(9)21-12(13)14)11-16-10(22-17-11)6-15-23(2,18)19/h3-5,12,15H,6H2,1-2H3. The lowest BCUT2D eigenvalue weighted by Gasteiger charge is -2.10. The van der Waals surface area contributed by atoms with Crippen LogP contribution in [0.15, 0.2) is 22.7 Å². The Balaban J connectivity index is 2.20. The number of nitrogens with one attached hydrogen (secondary N) is 1. The fraction of sp³-hybridized carbons (Fsp3) is 0.333. The minimum Gasteiger partial charge on any atom is -0.493 e. The van der Waals surface area contributed by atoms with Crippen LogP contribution in [0, 0.1) is 0 Å². The minimum atomic E-state index is -3.39. The molecule has 11 heteroatoms. The van der Waals surface area contributed by atoms with E-state index in [4.69, 9.17) is 9.26 Å². The van der Waals surface area contributed by atoms with Gasteiger partial charge in [-0.1, -0.05) is 5.16 Å². The van der Waals surface area contributed by atoms with Crippen molar-refractivity contribution < 1.29 is 31.2 Å². The molecule has 0 bridgehead atoms. The number of aromatic nitrogens is 2. The third-order valence-electron chi connectivity index (χ3n) is 2.59. The van der Waals surface area contributed by atoms with E-state index in [-0.39, 0.29) is 29.8 Å². The summed E-state index contributed by atoms with van der Waals surface area (Å²) in [6.07, 6.45) is 0.997. The molecule has 1 aromatic heterocycles. The highest BCUT2D eigenvalue weighted by atomic mass is 32.2. The van der Waals surface area contributed by atoms with Crippen molar-refractivity contribution >= 4 is 10.0 Å². The topological polar surface area (TPSA) is 104 Å². The summed E-state index contributed by atoms with van der Waals surface area (Å²) in [7, 11) is -2.09. The van der Waals surface area contributed by atoms with Gasteiger partial charge in [0, 0.05) is 5.56 Å². The molecule has 0 aliphatic carbocycles. The normalized spacial score (nSPS) is 11.7. The molecule has 2 aromatic rings. The maximum absolute atomic E-state index is 12.3. The molecular weight excluding hydrogens is 336 g/mol. The molecular formula is C12H13F2N3O5S. The molecule has 0 aliphatic heterocycles. The summed E-state index contributed by atoms with van der Waals surface area (Å²) < 4.78 is 62.9. The van der Waals surface area contributed by atoms with Gasteiger partial charge >= 0.3 is 6.61 Å². The maximum Gasteiger partial charge on any atom is 0.387 e. The van der Waals surface area contributed by atoms with Crippen molar-refractivity contribution in [3.05, 3.63) is 24.1 Å². The Hall–Kier alpha value is -2.27. The predicted molar refractivity (Wildman–Crippen MR) is 74.6 cm³/mol. The van der Waals surface area contributed by atoms with Gasteiger partial charge in [-0.3, -0.25) is 0 Å². The Morgan fingerprint density at radius 1 is 1.35 bits per heavy atom. The molecule has 0 amide bonds. The first-order chi connectivity index (χ1) is 10.8. The molecule has 1 N–H and O–H groups in total. The summed E-state index contributed by atoms with van der Waals surface area (Å²) in [5.41, 5.74) is 0.429. The Bertz CT molecular complexity index is 779. The number of hydrogen-bond donors (Lipinski definition) is 1. The highest BCUT2D eigenvalue weighted by Crippen LogP contribution is 2.32. The number of sulfonamides is 1. The van der Waals surface area contributed by atoms with Crippen LogP contribution in [0.2, 0.25) is 0 Å². The molecule has 0 fully saturated rings. The Morgan fingerprint density at radius 2 is 2.09 bits per heavy atom. The molecule has 0 saturated carbocycles. The minimum absolute atomic E-state index is 0.0531. The van der Waals surface area contributed by atoms with E-state index >= 15 is 0 Å². The van der Waals surface area contributed by atoms with Crippen LogP contribution in [0.1, 0.15) is 5.89 Å². The summed E-state index contributed by atoms with van der Waals surface area (Å²) in [6, 6.07) is 4.13. The summed E-state index contributed by atoms with van der Waals surface area (Å²) in [4.78, 5) is 4.00. The number of rotatable bonds is 7. The summed E-state index contributed by atoms with van der Waals surface area (Å²) >= 11 is 0. The van der Waals surface area contributed by atoms with Gasteiger partial charge in [0.05, 0.1) is 19.9 Å². The first-order valence-electron chi connectivity index (χ1n) is 6.19. The SMILES string of the molecule is COc1cc(-c2noc(CNS(C)(=O)=O)n2)ccc1OC(F)F. The molecule has 1 aromatic carbocycles. The van der Waals surface area contributed by atoms with Crippen LogP contribution in [0.5, 0.6) is 11.5 Å². The van der Waals surface area contributed by atoms with Gasteiger partial charge in [0.15, 0.2) is 11.5 Å². The Labute approximate surface area is 130 Å². The Morgan fingerprint density at radius 3 is 2.70 bits per heavy atom. The number of alkyl halides is 2. The molecule has 0 spiro atoms. The highest BCUT2D eigenvalue weighted by Gasteiger charge is 2.15. The molecule has 0 radical (unpaired) electrons. The van der Waals surface area contributed by atoms with Crippen molar-refractivity contribution in [3.8, 4) is 22.9 Å². The van der Waals surface area contributed by atoms with Crippen LogP contribution in [-0.4, -0.2) is 38.5 Å². The van der Waals surface area contributed by atoms with Crippen molar-refractivity contribution in [3.63, 3.8) is 0 Å². The average Bonchev–Trinajstić information content (AvgIpc) is 2.93. The van der Waals surface area contributed by atoms with Gasteiger partial charge in [-0.15, -0.1) is 0 Å². The zero-order valence-electron chi connectivity index (χ0n) is 12.1. The van der Waals surface area contributed by atoms with Crippen LogP contribution in [0.25, 0.3) is 11.4 Å². The third kappa shape index (κ3) is 4.86. The van der Waals surface area contributed by atoms with E-state index in [2.05, 4.69) is 19.6 Å². The van der Waals surface area contributed by atoms with Gasteiger partial charge < -0.3 is 14.0 Å². The van der Waals surface area contributed by atoms with E-state index < -0.39 is 16.6 Å². The number of hydrogen-bond acceptors (Lipinski definition) is 7. The second-order valence-electron chi connectivity index (χ2n) is 4.35. The van der Waals surface area contributed by atoms with Gasteiger partial charge in [0.1, 0.15) is 0 Å². The van der Waals surface area contributed by atoms with Gasteiger partial charge in [-0.05, 0) is 18.2 Å². The summed E-state index contributed by atoms with van der Waals surface area (Å²) in [5, 5.41) is 3.69. The van der Waals surface area contributed by atoms with Crippen LogP contribution in [0.3, 0.4) is 0 Å². The van der Waals surface area contributed by atoms with E-state index in [0.29, 0.717) is 5.56 Å². The lowest BCUT2D eigenvalue weighted by atomic mass is 10.2. The lowest BCUT2D eigenvalue weighted by molar-refractivity contribution is -0.0512. The van der Waals surface area contributed by atoms with Crippen LogP contribution < -0.4 is 14.2 Å². The largest absolute Gasteiger partial charge is 0.493 e. The number of halogens is 2. The predicted octanol–water partition coefficient (Wildman–Crippen LogP) is 1.40. The first kappa shape index (κ1) is 17.1. The average molecular weight is 349 g/mol. The van der Waals surface area contributed by atoms with Gasteiger partial charge in [-0.2, -0.15) is 13.8 Å². The molecule has 0 unspecified atom stereocenters. The van der Waals surface area contributed by atoms with E-state index in [1.807, 2.05) is 0 Å². The number of methoxy groups -OCH3 is 1. The van der Waals surface area contributed by atoms with Crippen molar-refractivity contribution in [1.82, 2.24) is 14.9 Å². The summed E-state index contributed by atoms with van der Waals surface area (Å²) in [6.45, 7) is -3.14. The third-order valence-corrected chi connectivity index (χ3v) is 3.26. The zero-order chi connectivity index (χ0) is 17.0. The molecule has 0 aliphatic rings. The van der Waals surface area contributed by atoms with E-state index in [1.165, 1.54) is 25.3 Å². The van der Waals surface area contributed by atoms with E-state index in [1.54, 1.807) is 0 Å². The number of benzene rings is 1. The second-order valence-corrected chi connectivity index (χ2v) is 6.18. The number of ether oxygens (including phenoxy) is 2. The first-order valence-corrected chi connectivity index (χ1v) is 8.08. The molecule has 2 rings (SSSR count). The number of nitrogens with zero attached hydrogens (tertiary/aromatic N) is 2. The second kappa shape index (κ2) is 6.87. The molecule has 8 nitrogen and oxygen atoms in total. The molecule has 0 atom stereocenters. The Kier molecular flexibility index (Phi) is 5.11. The molecule has 0 saturated heterocycles. The fourth-order valence-corrected chi connectivity index (χ4v) is 2.02. The van der Waals surface area contributed by atoms with Crippen molar-refractivity contribution in [2.24, 2.45) is 0 Å².